The van der Waals surface area contributed by atoms with Crippen LogP contribution in [0.4, 0.5) is 5.69 Å². The number of carbonyl (C=O) groups excluding carboxylic acids is 2. The number of ether oxygens (including phenoxy) is 1. The quantitative estimate of drug-likeness (QED) is 0.920. The summed E-state index contributed by atoms with van der Waals surface area (Å²) < 4.78 is 5.72. The van der Waals surface area contributed by atoms with Crippen LogP contribution in [0.2, 0.25) is 0 Å². The zero-order valence-corrected chi connectivity index (χ0v) is 13.8. The van der Waals surface area contributed by atoms with E-state index in [1.165, 1.54) is 12.5 Å². The number of fused-ring (bicyclic) bond motifs is 1. The SMILES string of the molecule is CC(=O)N[C@@H]1C(=O)N(CCOc2ccc(C)cc2)c2ccccc21. The minimum absolute atomic E-state index is 0.126. The second kappa shape index (κ2) is 6.74. The maximum atomic E-state index is 12.6. The van der Waals surface area contributed by atoms with Crippen LogP contribution in [-0.4, -0.2) is 25.0 Å². The van der Waals surface area contributed by atoms with Crippen molar-refractivity contribution in [2.24, 2.45) is 0 Å². The first-order valence-electron chi connectivity index (χ1n) is 7.93. The fourth-order valence-electron chi connectivity index (χ4n) is 2.85. The fraction of sp³-hybridized carbons (Fsp3) is 0.263. The Hall–Kier alpha value is -2.82. The standard InChI is InChI=1S/C19H20N2O3/c1-13-7-9-15(10-8-13)24-12-11-21-17-6-4-3-5-16(17)18(19(21)23)20-14(2)22/h3-10,18H,11-12H2,1-2H3,(H,20,22)/t18-/m0/s1. The maximum Gasteiger partial charge on any atom is 0.254 e. The first-order valence-corrected chi connectivity index (χ1v) is 7.93. The van der Waals surface area contributed by atoms with Crippen molar-refractivity contribution in [3.8, 4) is 5.75 Å². The number of aryl methyl sites for hydroxylation is 1. The van der Waals surface area contributed by atoms with Crippen molar-refractivity contribution in [3.05, 3.63) is 59.7 Å². The molecule has 0 radical (unpaired) electrons. The Bertz CT molecular complexity index is 755. The normalized spacial score (nSPS) is 16.0. The number of hydrogen-bond donors (Lipinski definition) is 1. The van der Waals surface area contributed by atoms with E-state index in [1.807, 2.05) is 55.5 Å². The smallest absolute Gasteiger partial charge is 0.254 e. The van der Waals surface area contributed by atoms with Crippen LogP contribution >= 0.6 is 0 Å². The third-order valence-corrected chi connectivity index (χ3v) is 4.00. The highest BCUT2D eigenvalue weighted by Gasteiger charge is 2.37. The van der Waals surface area contributed by atoms with Crippen LogP contribution in [0.5, 0.6) is 5.75 Å². The average Bonchev–Trinajstić information content (AvgIpc) is 2.82. The molecule has 5 nitrogen and oxygen atoms in total. The molecule has 2 amide bonds. The van der Waals surface area contributed by atoms with Crippen molar-refractivity contribution in [2.45, 2.75) is 19.9 Å². The van der Waals surface area contributed by atoms with E-state index in [-0.39, 0.29) is 11.8 Å². The maximum absolute atomic E-state index is 12.6. The van der Waals surface area contributed by atoms with Gasteiger partial charge in [0.25, 0.3) is 5.91 Å². The Morgan fingerprint density at radius 3 is 2.58 bits per heavy atom. The molecule has 1 aliphatic rings. The fourth-order valence-corrected chi connectivity index (χ4v) is 2.85. The summed E-state index contributed by atoms with van der Waals surface area (Å²) >= 11 is 0. The van der Waals surface area contributed by atoms with Crippen LogP contribution in [-0.2, 0) is 9.59 Å². The Kier molecular flexibility index (Phi) is 4.51. The number of amides is 2. The van der Waals surface area contributed by atoms with E-state index in [9.17, 15) is 9.59 Å². The molecule has 24 heavy (non-hydrogen) atoms. The van der Waals surface area contributed by atoms with Gasteiger partial charge in [-0.1, -0.05) is 35.9 Å². The molecule has 1 aliphatic heterocycles. The molecule has 0 bridgehead atoms. The number of rotatable bonds is 5. The number of anilines is 1. The Labute approximate surface area is 141 Å². The Morgan fingerprint density at radius 2 is 1.88 bits per heavy atom. The van der Waals surface area contributed by atoms with Gasteiger partial charge in [-0.15, -0.1) is 0 Å². The van der Waals surface area contributed by atoms with Gasteiger partial charge in [-0.2, -0.15) is 0 Å². The molecule has 1 heterocycles. The van der Waals surface area contributed by atoms with Crippen LogP contribution in [0.25, 0.3) is 0 Å². The molecule has 1 N–H and O–H groups in total. The lowest BCUT2D eigenvalue weighted by Gasteiger charge is -2.18. The van der Waals surface area contributed by atoms with Gasteiger partial charge in [0, 0.05) is 18.2 Å². The topological polar surface area (TPSA) is 58.6 Å². The van der Waals surface area contributed by atoms with E-state index in [0.717, 1.165) is 17.0 Å². The minimum atomic E-state index is -0.613. The van der Waals surface area contributed by atoms with Gasteiger partial charge in [-0.05, 0) is 25.1 Å². The minimum Gasteiger partial charge on any atom is -0.492 e. The van der Waals surface area contributed by atoms with Crippen molar-refractivity contribution in [2.75, 3.05) is 18.1 Å². The van der Waals surface area contributed by atoms with E-state index in [4.69, 9.17) is 4.74 Å². The summed E-state index contributed by atoms with van der Waals surface area (Å²) in [6.45, 7) is 4.25. The number of nitrogens with zero attached hydrogens (tertiary/aromatic N) is 1. The zero-order valence-electron chi connectivity index (χ0n) is 13.8. The molecule has 124 valence electrons. The summed E-state index contributed by atoms with van der Waals surface area (Å²) in [4.78, 5) is 25.7. The molecular weight excluding hydrogens is 304 g/mol. The van der Waals surface area contributed by atoms with Crippen LogP contribution in [0, 0.1) is 6.92 Å². The molecule has 0 saturated carbocycles. The third-order valence-electron chi connectivity index (χ3n) is 4.00. The van der Waals surface area contributed by atoms with Crippen molar-refractivity contribution < 1.29 is 14.3 Å². The van der Waals surface area contributed by atoms with Crippen molar-refractivity contribution in [3.63, 3.8) is 0 Å². The van der Waals surface area contributed by atoms with Crippen LogP contribution in [0.3, 0.4) is 0 Å². The summed E-state index contributed by atoms with van der Waals surface area (Å²) in [5.74, 6) is 0.429. The van der Waals surface area contributed by atoms with E-state index in [1.54, 1.807) is 4.90 Å². The number of para-hydroxylation sites is 1. The highest BCUT2D eigenvalue weighted by molar-refractivity contribution is 6.06. The van der Waals surface area contributed by atoms with Crippen LogP contribution in [0.15, 0.2) is 48.5 Å². The summed E-state index contributed by atoms with van der Waals surface area (Å²) in [5, 5.41) is 2.72. The highest BCUT2D eigenvalue weighted by atomic mass is 16.5. The molecule has 1 atom stereocenters. The van der Waals surface area contributed by atoms with Crippen molar-refractivity contribution >= 4 is 17.5 Å². The summed E-state index contributed by atoms with van der Waals surface area (Å²) in [5.41, 5.74) is 2.82. The second-order valence-corrected chi connectivity index (χ2v) is 5.84. The van der Waals surface area contributed by atoms with E-state index < -0.39 is 6.04 Å². The number of nitrogens with one attached hydrogen (secondary N) is 1. The predicted octanol–water partition coefficient (Wildman–Crippen LogP) is 2.60. The molecule has 0 aliphatic carbocycles. The molecule has 0 aromatic heterocycles. The van der Waals surface area contributed by atoms with E-state index in [2.05, 4.69) is 5.32 Å². The number of carbonyl (C=O) groups is 2. The van der Waals surface area contributed by atoms with Crippen LogP contribution < -0.4 is 15.0 Å². The van der Waals surface area contributed by atoms with E-state index >= 15 is 0 Å². The van der Waals surface area contributed by atoms with Gasteiger partial charge in [-0.3, -0.25) is 9.59 Å². The lowest BCUT2D eigenvalue weighted by molar-refractivity contribution is -0.126. The number of benzene rings is 2. The van der Waals surface area contributed by atoms with Gasteiger partial charge in [0.1, 0.15) is 18.4 Å². The van der Waals surface area contributed by atoms with Gasteiger partial charge in [-0.25, -0.2) is 0 Å². The molecule has 2 aromatic carbocycles. The molecule has 2 aromatic rings. The van der Waals surface area contributed by atoms with Gasteiger partial charge >= 0.3 is 0 Å². The monoisotopic (exact) mass is 324 g/mol. The van der Waals surface area contributed by atoms with Gasteiger partial charge in [0.2, 0.25) is 5.91 Å². The molecule has 0 unspecified atom stereocenters. The molecule has 5 heteroatoms. The average molecular weight is 324 g/mol. The zero-order chi connectivity index (χ0) is 17.1. The van der Waals surface area contributed by atoms with Gasteiger partial charge < -0.3 is 15.0 Å². The van der Waals surface area contributed by atoms with Gasteiger partial charge in [0.15, 0.2) is 0 Å². The second-order valence-electron chi connectivity index (χ2n) is 5.84. The van der Waals surface area contributed by atoms with E-state index in [0.29, 0.717) is 13.2 Å². The van der Waals surface area contributed by atoms with Crippen LogP contribution in [0.1, 0.15) is 24.1 Å². The lowest BCUT2D eigenvalue weighted by atomic mass is 10.1. The molecule has 3 rings (SSSR count). The Morgan fingerprint density at radius 1 is 1.17 bits per heavy atom. The molecule has 0 spiro atoms. The summed E-state index contributed by atoms with van der Waals surface area (Å²) in [6, 6.07) is 14.7. The first-order chi connectivity index (χ1) is 11.6. The summed E-state index contributed by atoms with van der Waals surface area (Å²) in [7, 11) is 0. The van der Waals surface area contributed by atoms with Crippen molar-refractivity contribution in [1.29, 1.82) is 0 Å². The third kappa shape index (κ3) is 3.25. The summed E-state index contributed by atoms with van der Waals surface area (Å²) in [6.07, 6.45) is 0. The predicted molar refractivity (Wildman–Crippen MR) is 92.0 cm³/mol. The largest absolute Gasteiger partial charge is 0.492 e. The molecule has 0 fully saturated rings. The molecular formula is C19H20N2O3. The van der Waals surface area contributed by atoms with Gasteiger partial charge in [0.05, 0.1) is 6.54 Å². The first kappa shape index (κ1) is 16.1. The van der Waals surface area contributed by atoms with Crippen molar-refractivity contribution in [1.82, 2.24) is 5.32 Å². The lowest BCUT2D eigenvalue weighted by Crippen LogP contribution is -2.38. The molecule has 0 saturated heterocycles. The Balaban J connectivity index is 1.70. The number of hydrogen-bond acceptors (Lipinski definition) is 3. The highest BCUT2D eigenvalue weighted by Crippen LogP contribution is 2.35.